The van der Waals surface area contributed by atoms with Crippen LogP contribution in [0, 0.1) is 5.92 Å². The third kappa shape index (κ3) is 4.02. The fourth-order valence-corrected chi connectivity index (χ4v) is 2.64. The normalized spacial score (nSPS) is 18.7. The lowest BCUT2D eigenvalue weighted by Gasteiger charge is -2.33. The van der Waals surface area contributed by atoms with Crippen LogP contribution in [0.2, 0.25) is 0 Å². The van der Waals surface area contributed by atoms with Gasteiger partial charge in [0.05, 0.1) is 7.11 Å². The van der Waals surface area contributed by atoms with Gasteiger partial charge in [0.1, 0.15) is 0 Å². The summed E-state index contributed by atoms with van der Waals surface area (Å²) in [6, 6.07) is 4.07. The number of carbonyl (C=O) groups is 1. The fraction of sp³-hybridized carbons (Fsp3) is 0.600. The minimum Gasteiger partial charge on any atom is -0.467 e. The molecule has 0 aromatic carbocycles. The van der Waals surface area contributed by atoms with Crippen LogP contribution >= 0.6 is 0 Å². The average Bonchev–Trinajstić information content (AvgIpc) is 2.53. The van der Waals surface area contributed by atoms with E-state index in [0.717, 1.165) is 38.9 Å². The molecule has 1 N–H and O–H groups in total. The number of hydrogen-bond donors (Lipinski definition) is 1. The van der Waals surface area contributed by atoms with E-state index in [2.05, 4.69) is 14.6 Å². The molecule has 0 amide bonds. The number of hydrogen-bond acceptors (Lipinski definition) is 5. The van der Waals surface area contributed by atoms with E-state index in [9.17, 15) is 9.90 Å². The molecule has 1 aromatic rings. The van der Waals surface area contributed by atoms with E-state index >= 15 is 0 Å². The number of ether oxygens (including phenoxy) is 1. The largest absolute Gasteiger partial charge is 0.467 e. The average molecular weight is 278 g/mol. The maximum Gasteiger partial charge on any atom is 0.334 e. The molecule has 0 radical (unpaired) electrons. The number of rotatable bonds is 5. The predicted molar refractivity (Wildman–Crippen MR) is 75.1 cm³/mol. The Morgan fingerprint density at radius 3 is 2.70 bits per heavy atom. The van der Waals surface area contributed by atoms with Crippen molar-refractivity contribution in [2.24, 2.45) is 5.92 Å². The van der Waals surface area contributed by atoms with E-state index in [0.29, 0.717) is 0 Å². The van der Waals surface area contributed by atoms with Crippen molar-refractivity contribution in [2.75, 3.05) is 26.7 Å². The van der Waals surface area contributed by atoms with Gasteiger partial charge >= 0.3 is 5.97 Å². The molecule has 5 heteroatoms. The van der Waals surface area contributed by atoms with Gasteiger partial charge < -0.3 is 14.7 Å². The topological polar surface area (TPSA) is 62.7 Å². The molecule has 20 heavy (non-hydrogen) atoms. The van der Waals surface area contributed by atoms with Gasteiger partial charge in [0, 0.05) is 18.9 Å². The van der Waals surface area contributed by atoms with Gasteiger partial charge in [-0.15, -0.1) is 0 Å². The van der Waals surface area contributed by atoms with Crippen molar-refractivity contribution in [1.29, 1.82) is 0 Å². The lowest BCUT2D eigenvalue weighted by Crippen LogP contribution is -2.41. The van der Waals surface area contributed by atoms with Gasteiger partial charge in [-0.3, -0.25) is 4.98 Å². The Balaban J connectivity index is 1.73. The van der Waals surface area contributed by atoms with E-state index in [-0.39, 0.29) is 5.92 Å². The van der Waals surface area contributed by atoms with Crippen LogP contribution in [0.1, 0.15) is 18.4 Å². The molecule has 110 valence electrons. The summed E-state index contributed by atoms with van der Waals surface area (Å²) in [6.07, 6.45) is 5.34. The minimum atomic E-state index is -0.970. The third-order valence-electron chi connectivity index (χ3n) is 3.99. The maximum absolute atomic E-state index is 11.3. The number of aliphatic hydroxyl groups is 1. The lowest BCUT2D eigenvalue weighted by molar-refractivity contribution is -0.154. The molecule has 1 fully saturated rings. The van der Waals surface area contributed by atoms with Crippen molar-refractivity contribution >= 4 is 5.97 Å². The Bertz CT molecular complexity index is 416. The molecule has 0 spiro atoms. The van der Waals surface area contributed by atoms with Crippen molar-refractivity contribution in [3.63, 3.8) is 0 Å². The summed E-state index contributed by atoms with van der Waals surface area (Å²) in [5.74, 6) is -0.486. The van der Waals surface area contributed by atoms with Gasteiger partial charge in [0.2, 0.25) is 0 Å². The van der Waals surface area contributed by atoms with Gasteiger partial charge in [0.25, 0.3) is 0 Å². The van der Waals surface area contributed by atoms with Crippen molar-refractivity contribution in [3.05, 3.63) is 30.1 Å². The van der Waals surface area contributed by atoms with Crippen LogP contribution in [0.25, 0.3) is 0 Å². The molecule has 1 saturated heterocycles. The zero-order chi connectivity index (χ0) is 14.4. The number of aromatic nitrogens is 1. The fourth-order valence-electron chi connectivity index (χ4n) is 2.64. The molecule has 2 rings (SSSR count). The number of carbonyl (C=O) groups excluding carboxylic acids is 1. The number of methoxy groups -OCH3 is 1. The SMILES string of the molecule is COC(=O)C(O)C1CCN(CCc2ccncc2)CC1. The van der Waals surface area contributed by atoms with Gasteiger partial charge in [-0.1, -0.05) is 0 Å². The second kappa shape index (κ2) is 7.36. The highest BCUT2D eigenvalue weighted by Gasteiger charge is 2.30. The van der Waals surface area contributed by atoms with Crippen molar-refractivity contribution in [2.45, 2.75) is 25.4 Å². The van der Waals surface area contributed by atoms with Crippen molar-refractivity contribution in [3.8, 4) is 0 Å². The first-order valence-electron chi connectivity index (χ1n) is 7.08. The molecule has 1 aromatic heterocycles. The zero-order valence-corrected chi connectivity index (χ0v) is 11.9. The summed E-state index contributed by atoms with van der Waals surface area (Å²) in [4.78, 5) is 17.7. The third-order valence-corrected chi connectivity index (χ3v) is 3.99. The Hall–Kier alpha value is -1.46. The van der Waals surface area contributed by atoms with Crippen LogP contribution in [-0.2, 0) is 16.0 Å². The summed E-state index contributed by atoms with van der Waals surface area (Å²) in [7, 11) is 1.31. The van der Waals surface area contributed by atoms with Crippen molar-refractivity contribution < 1.29 is 14.6 Å². The van der Waals surface area contributed by atoms with E-state index < -0.39 is 12.1 Å². The molecule has 0 aliphatic carbocycles. The summed E-state index contributed by atoms with van der Waals surface area (Å²) in [6.45, 7) is 2.85. The van der Waals surface area contributed by atoms with E-state index in [4.69, 9.17) is 0 Å². The molecule has 1 aliphatic heterocycles. The van der Waals surface area contributed by atoms with Crippen LogP contribution in [0.3, 0.4) is 0 Å². The molecular formula is C15H22N2O3. The highest BCUT2D eigenvalue weighted by atomic mass is 16.5. The number of likely N-dealkylation sites (tertiary alicyclic amines) is 1. The Morgan fingerprint density at radius 1 is 1.45 bits per heavy atom. The molecule has 2 heterocycles. The number of esters is 1. The minimum absolute atomic E-state index is 0.0274. The first-order valence-corrected chi connectivity index (χ1v) is 7.08. The van der Waals surface area contributed by atoms with Crippen LogP contribution in [-0.4, -0.2) is 53.8 Å². The van der Waals surface area contributed by atoms with Crippen LogP contribution in [0.15, 0.2) is 24.5 Å². The summed E-state index contributed by atoms with van der Waals surface area (Å²) >= 11 is 0. The highest BCUT2D eigenvalue weighted by molar-refractivity contribution is 5.74. The maximum atomic E-state index is 11.3. The number of aliphatic hydroxyl groups excluding tert-OH is 1. The Kier molecular flexibility index (Phi) is 5.49. The van der Waals surface area contributed by atoms with E-state index in [1.807, 2.05) is 24.5 Å². The second-order valence-corrected chi connectivity index (χ2v) is 5.25. The monoisotopic (exact) mass is 278 g/mol. The summed E-state index contributed by atoms with van der Waals surface area (Å²) in [5.41, 5.74) is 1.29. The van der Waals surface area contributed by atoms with Gasteiger partial charge in [-0.2, -0.15) is 0 Å². The lowest BCUT2D eigenvalue weighted by atomic mass is 9.91. The van der Waals surface area contributed by atoms with E-state index in [1.54, 1.807) is 0 Å². The van der Waals surface area contributed by atoms with Gasteiger partial charge in [0.15, 0.2) is 6.10 Å². The Morgan fingerprint density at radius 2 is 2.10 bits per heavy atom. The standard InChI is InChI=1S/C15H22N2O3/c1-20-15(19)14(18)13-5-10-17(11-6-13)9-4-12-2-7-16-8-3-12/h2-3,7-8,13-14,18H,4-6,9-11H2,1H3. The Labute approximate surface area is 119 Å². The van der Waals surface area contributed by atoms with Crippen LogP contribution < -0.4 is 0 Å². The smallest absolute Gasteiger partial charge is 0.334 e. The molecule has 0 bridgehead atoms. The molecule has 1 unspecified atom stereocenters. The van der Waals surface area contributed by atoms with Gasteiger partial charge in [-0.05, 0) is 56.0 Å². The number of piperidine rings is 1. The molecule has 1 atom stereocenters. The zero-order valence-electron chi connectivity index (χ0n) is 11.9. The summed E-state index contributed by atoms with van der Waals surface area (Å²) in [5, 5.41) is 9.84. The quantitative estimate of drug-likeness (QED) is 0.810. The van der Waals surface area contributed by atoms with E-state index in [1.165, 1.54) is 12.7 Å². The number of nitrogens with zero attached hydrogens (tertiary/aromatic N) is 2. The molecular weight excluding hydrogens is 256 g/mol. The van der Waals surface area contributed by atoms with Crippen LogP contribution in [0.4, 0.5) is 0 Å². The highest BCUT2D eigenvalue weighted by Crippen LogP contribution is 2.21. The first-order chi connectivity index (χ1) is 9.70. The molecule has 0 saturated carbocycles. The molecule has 5 nitrogen and oxygen atoms in total. The van der Waals surface area contributed by atoms with Crippen molar-refractivity contribution in [1.82, 2.24) is 9.88 Å². The second-order valence-electron chi connectivity index (χ2n) is 5.25. The first kappa shape index (κ1) is 14.9. The summed E-state index contributed by atoms with van der Waals surface area (Å²) < 4.78 is 4.59. The number of pyridine rings is 1. The van der Waals surface area contributed by atoms with Crippen LogP contribution in [0.5, 0.6) is 0 Å². The predicted octanol–water partition coefficient (Wildman–Crippen LogP) is 0.870. The van der Waals surface area contributed by atoms with Gasteiger partial charge in [-0.25, -0.2) is 4.79 Å². The molecule has 1 aliphatic rings.